The first-order valence-electron chi connectivity index (χ1n) is 10.9. The number of benzene rings is 1. The lowest BCUT2D eigenvalue weighted by molar-refractivity contribution is -0.00803. The fraction of sp³-hybridized carbons (Fsp3) is 0.478. The van der Waals surface area contributed by atoms with Gasteiger partial charge in [-0.3, -0.25) is 9.67 Å². The first-order chi connectivity index (χ1) is 14.7. The summed E-state index contributed by atoms with van der Waals surface area (Å²) >= 11 is 0. The molecule has 1 fully saturated rings. The van der Waals surface area contributed by atoms with E-state index in [1.807, 2.05) is 24.1 Å². The highest BCUT2D eigenvalue weighted by Gasteiger charge is 2.25. The van der Waals surface area contributed by atoms with Crippen molar-refractivity contribution >= 4 is 16.9 Å². The van der Waals surface area contributed by atoms with Crippen LogP contribution in [0.1, 0.15) is 36.6 Å². The molecule has 1 aliphatic heterocycles. The first kappa shape index (κ1) is 20.5. The molecule has 0 radical (unpaired) electrons. The number of nitrogens with zero attached hydrogens (tertiary/aromatic N) is 4. The second-order valence-electron chi connectivity index (χ2n) is 7.75. The van der Waals surface area contributed by atoms with Crippen molar-refractivity contribution < 1.29 is 4.74 Å². The Hall–Kier alpha value is -2.80. The molecule has 2 aromatic heterocycles. The quantitative estimate of drug-likeness (QED) is 0.486. The molecule has 0 amide bonds. The van der Waals surface area contributed by atoms with Gasteiger partial charge in [-0.2, -0.15) is 5.10 Å². The molecule has 7 nitrogen and oxygen atoms in total. The minimum Gasteiger partial charge on any atom is -0.370 e. The highest BCUT2D eigenvalue weighted by Crippen LogP contribution is 2.23. The molecule has 0 saturated carbocycles. The van der Waals surface area contributed by atoms with Gasteiger partial charge in [0.2, 0.25) is 0 Å². The van der Waals surface area contributed by atoms with Gasteiger partial charge >= 0.3 is 0 Å². The second-order valence-corrected chi connectivity index (χ2v) is 7.75. The number of aromatic amines is 1. The van der Waals surface area contributed by atoms with Gasteiger partial charge < -0.3 is 19.9 Å². The highest BCUT2D eigenvalue weighted by atomic mass is 16.5. The molecular formula is C23H32N6O. The maximum absolute atomic E-state index is 5.99. The van der Waals surface area contributed by atoms with Gasteiger partial charge in [-0.1, -0.05) is 25.1 Å². The molecule has 4 rings (SSSR count). The summed E-state index contributed by atoms with van der Waals surface area (Å²) in [6, 6.07) is 6.55. The van der Waals surface area contributed by atoms with E-state index in [0.29, 0.717) is 6.61 Å². The van der Waals surface area contributed by atoms with Gasteiger partial charge in [-0.15, -0.1) is 0 Å². The number of guanidine groups is 1. The van der Waals surface area contributed by atoms with Gasteiger partial charge in [0.1, 0.15) is 6.10 Å². The zero-order valence-corrected chi connectivity index (χ0v) is 18.2. The number of aryl methyl sites for hydroxylation is 2. The van der Waals surface area contributed by atoms with Crippen LogP contribution in [-0.4, -0.2) is 58.4 Å². The van der Waals surface area contributed by atoms with E-state index < -0.39 is 0 Å². The molecule has 0 bridgehead atoms. The summed E-state index contributed by atoms with van der Waals surface area (Å²) in [6.45, 7) is 8.22. The van der Waals surface area contributed by atoms with Crippen molar-refractivity contribution in [1.82, 2.24) is 25.0 Å². The molecule has 1 atom stereocenters. The third-order valence-electron chi connectivity index (χ3n) is 5.71. The van der Waals surface area contributed by atoms with Crippen LogP contribution in [0.3, 0.4) is 0 Å². The molecule has 160 valence electrons. The van der Waals surface area contributed by atoms with Crippen molar-refractivity contribution in [2.45, 2.75) is 32.8 Å². The predicted molar refractivity (Wildman–Crippen MR) is 121 cm³/mol. The number of aromatic nitrogens is 3. The molecule has 2 N–H and O–H groups in total. The minimum absolute atomic E-state index is 0.0254. The number of H-pyrrole nitrogens is 1. The molecule has 3 heterocycles. The Kier molecular flexibility index (Phi) is 6.38. The molecule has 1 aromatic carbocycles. The second kappa shape index (κ2) is 9.34. The third kappa shape index (κ3) is 4.36. The number of nitrogens with one attached hydrogen (secondary N) is 2. The van der Waals surface area contributed by atoms with Crippen LogP contribution in [0.15, 0.2) is 41.8 Å². The van der Waals surface area contributed by atoms with Crippen LogP contribution in [0.4, 0.5) is 0 Å². The van der Waals surface area contributed by atoms with Crippen molar-refractivity contribution in [2.24, 2.45) is 12.0 Å². The van der Waals surface area contributed by atoms with E-state index >= 15 is 0 Å². The van der Waals surface area contributed by atoms with Gasteiger partial charge in [0.25, 0.3) is 0 Å². The number of hydrogen-bond acceptors (Lipinski definition) is 3. The normalized spacial score (nSPS) is 17.6. The minimum atomic E-state index is 0.0254. The Bertz CT molecular complexity index is 1000. The number of hydrogen-bond donors (Lipinski definition) is 2. The molecular weight excluding hydrogens is 376 g/mol. The van der Waals surface area contributed by atoms with E-state index in [1.165, 1.54) is 22.0 Å². The molecule has 1 aliphatic rings. The Balaban J connectivity index is 1.45. The molecule has 1 unspecified atom stereocenters. The van der Waals surface area contributed by atoms with Gasteiger partial charge in [-0.25, -0.2) is 0 Å². The number of aliphatic imine (C=N–C) groups is 1. The average molecular weight is 409 g/mol. The van der Waals surface area contributed by atoms with E-state index in [2.05, 4.69) is 58.5 Å². The summed E-state index contributed by atoms with van der Waals surface area (Å²) in [5.41, 5.74) is 5.07. The zero-order valence-electron chi connectivity index (χ0n) is 18.2. The molecule has 30 heavy (non-hydrogen) atoms. The summed E-state index contributed by atoms with van der Waals surface area (Å²) in [5, 5.41) is 9.06. The average Bonchev–Trinajstić information content (AvgIpc) is 3.39. The smallest absolute Gasteiger partial charge is 0.194 e. The monoisotopic (exact) mass is 408 g/mol. The van der Waals surface area contributed by atoms with Crippen LogP contribution in [-0.2, 0) is 24.6 Å². The van der Waals surface area contributed by atoms with Crippen molar-refractivity contribution in [3.8, 4) is 0 Å². The van der Waals surface area contributed by atoms with Gasteiger partial charge in [0.05, 0.1) is 19.3 Å². The number of morpholine rings is 1. The fourth-order valence-electron chi connectivity index (χ4n) is 4.13. The summed E-state index contributed by atoms with van der Waals surface area (Å²) < 4.78 is 7.81. The molecule has 0 spiro atoms. The standard InChI is InChI=1S/C23H32N6O/c1-4-17-7-6-8-20-18(13-26-22(17)20)9-10-25-23(24-5-2)29-11-12-30-21(16-29)19-14-27-28(3)15-19/h6-8,13-15,21,26H,4-5,9-12,16H2,1-3H3,(H,24,25). The zero-order chi connectivity index (χ0) is 20.9. The van der Waals surface area contributed by atoms with Crippen molar-refractivity contribution in [3.05, 3.63) is 53.5 Å². The predicted octanol–water partition coefficient (Wildman–Crippen LogP) is 3.05. The van der Waals surface area contributed by atoms with Crippen LogP contribution in [0.25, 0.3) is 10.9 Å². The number of ether oxygens (including phenoxy) is 1. The van der Waals surface area contributed by atoms with Crippen LogP contribution in [0.2, 0.25) is 0 Å². The summed E-state index contributed by atoms with van der Waals surface area (Å²) in [7, 11) is 1.93. The number of fused-ring (bicyclic) bond motifs is 1. The number of para-hydroxylation sites is 1. The Labute approximate surface area is 178 Å². The Morgan fingerprint density at radius 2 is 2.23 bits per heavy atom. The lowest BCUT2D eigenvalue weighted by atomic mass is 10.1. The molecule has 1 saturated heterocycles. The maximum atomic E-state index is 5.99. The van der Waals surface area contributed by atoms with Gasteiger partial charge in [0, 0.05) is 55.5 Å². The third-order valence-corrected chi connectivity index (χ3v) is 5.71. The maximum Gasteiger partial charge on any atom is 0.194 e. The van der Waals surface area contributed by atoms with E-state index in [1.54, 1.807) is 0 Å². The summed E-state index contributed by atoms with van der Waals surface area (Å²) in [5.74, 6) is 0.962. The van der Waals surface area contributed by atoms with Crippen molar-refractivity contribution in [1.29, 1.82) is 0 Å². The van der Waals surface area contributed by atoms with E-state index in [-0.39, 0.29) is 6.10 Å². The summed E-state index contributed by atoms with van der Waals surface area (Å²) in [6.07, 6.45) is 8.03. The van der Waals surface area contributed by atoms with Crippen LogP contribution < -0.4 is 5.32 Å². The van der Waals surface area contributed by atoms with Crippen molar-refractivity contribution in [3.63, 3.8) is 0 Å². The van der Waals surface area contributed by atoms with Crippen LogP contribution in [0, 0.1) is 0 Å². The lowest BCUT2D eigenvalue weighted by Crippen LogP contribution is -2.48. The largest absolute Gasteiger partial charge is 0.370 e. The van der Waals surface area contributed by atoms with E-state index in [4.69, 9.17) is 9.73 Å². The first-order valence-corrected chi connectivity index (χ1v) is 10.9. The lowest BCUT2D eigenvalue weighted by Gasteiger charge is -2.34. The van der Waals surface area contributed by atoms with Crippen molar-refractivity contribution in [2.75, 3.05) is 32.8 Å². The highest BCUT2D eigenvalue weighted by molar-refractivity contribution is 5.86. The summed E-state index contributed by atoms with van der Waals surface area (Å²) in [4.78, 5) is 10.7. The van der Waals surface area contributed by atoms with Crippen LogP contribution in [0.5, 0.6) is 0 Å². The van der Waals surface area contributed by atoms with Crippen LogP contribution >= 0.6 is 0 Å². The Morgan fingerprint density at radius 1 is 1.33 bits per heavy atom. The molecule has 3 aromatic rings. The fourth-order valence-corrected chi connectivity index (χ4v) is 4.13. The van der Waals surface area contributed by atoms with E-state index in [9.17, 15) is 0 Å². The Morgan fingerprint density at radius 3 is 3.00 bits per heavy atom. The topological polar surface area (TPSA) is 70.5 Å². The molecule has 0 aliphatic carbocycles. The molecule has 7 heteroatoms. The van der Waals surface area contributed by atoms with E-state index in [0.717, 1.165) is 50.5 Å². The SMILES string of the molecule is CCNC(=NCCc1c[nH]c2c(CC)cccc12)N1CCOC(c2cnn(C)c2)C1. The van der Waals surface area contributed by atoms with Gasteiger partial charge in [0.15, 0.2) is 5.96 Å². The van der Waals surface area contributed by atoms with Gasteiger partial charge in [-0.05, 0) is 30.9 Å². The number of rotatable bonds is 6.